The zero-order valence-corrected chi connectivity index (χ0v) is 16.7. The van der Waals surface area contributed by atoms with Gasteiger partial charge in [-0.15, -0.1) is 10.2 Å². The van der Waals surface area contributed by atoms with Crippen LogP contribution in [0.5, 0.6) is 5.75 Å². The van der Waals surface area contributed by atoms with Crippen molar-refractivity contribution in [3.8, 4) is 5.75 Å². The van der Waals surface area contributed by atoms with Gasteiger partial charge in [0.2, 0.25) is 6.41 Å². The van der Waals surface area contributed by atoms with Crippen molar-refractivity contribution in [2.45, 2.75) is 19.3 Å². The lowest BCUT2D eigenvalue weighted by Crippen LogP contribution is -2.21. The molecule has 1 heterocycles. The fourth-order valence-electron chi connectivity index (χ4n) is 2.24. The number of halogens is 3. The summed E-state index contributed by atoms with van der Waals surface area (Å²) in [5, 5.41) is 20.5. The summed E-state index contributed by atoms with van der Waals surface area (Å²) in [4.78, 5) is 33.7. The van der Waals surface area contributed by atoms with Crippen LogP contribution in [-0.4, -0.2) is 50.3 Å². The van der Waals surface area contributed by atoms with Crippen LogP contribution in [0.1, 0.15) is 21.7 Å². The number of anilines is 1. The van der Waals surface area contributed by atoms with Gasteiger partial charge in [-0.2, -0.15) is 18.4 Å². The third-order valence-electron chi connectivity index (χ3n) is 3.87. The minimum absolute atomic E-state index is 0.173. The Morgan fingerprint density at radius 2 is 1.73 bits per heavy atom. The zero-order chi connectivity index (χ0) is 24.4. The summed E-state index contributed by atoms with van der Waals surface area (Å²) in [6.45, 7) is 0.584. The van der Waals surface area contributed by atoms with Gasteiger partial charge < -0.3 is 20.5 Å². The first-order chi connectivity index (χ1) is 15.6. The Balaban J connectivity index is 0.000000479. The Kier molecular flexibility index (Phi) is 8.56. The smallest absolute Gasteiger partial charge is 0.475 e. The van der Waals surface area contributed by atoms with Crippen LogP contribution < -0.4 is 15.4 Å². The number of carboxylic acids is 1. The molecule has 0 saturated carbocycles. The van der Waals surface area contributed by atoms with Crippen LogP contribution in [-0.2, 0) is 22.7 Å². The molecule has 0 aliphatic heterocycles. The summed E-state index contributed by atoms with van der Waals surface area (Å²) in [6, 6.07) is 13.4. The number of esters is 1. The van der Waals surface area contributed by atoms with Gasteiger partial charge in [-0.1, -0.05) is 17.3 Å². The lowest BCUT2D eigenvalue weighted by Gasteiger charge is -2.15. The van der Waals surface area contributed by atoms with E-state index < -0.39 is 18.1 Å². The second-order valence-corrected chi connectivity index (χ2v) is 6.15. The molecule has 0 fully saturated rings. The maximum absolute atomic E-state index is 12.2. The number of rotatable bonds is 7. The lowest BCUT2D eigenvalue weighted by atomic mass is 10.1. The number of nitrogens with one attached hydrogen (secondary N) is 1. The van der Waals surface area contributed by atoms with Gasteiger partial charge in [0.25, 0.3) is 0 Å². The van der Waals surface area contributed by atoms with E-state index in [4.69, 9.17) is 20.4 Å². The van der Waals surface area contributed by atoms with Crippen LogP contribution in [0.2, 0.25) is 0 Å². The van der Waals surface area contributed by atoms with Gasteiger partial charge in [-0.3, -0.25) is 4.79 Å². The topological polar surface area (TPSA) is 164 Å². The number of nitrogens with zero attached hydrogens (tertiary/aromatic N) is 4. The summed E-state index contributed by atoms with van der Waals surface area (Å²) in [5.41, 5.74) is 7.50. The fourth-order valence-corrected chi connectivity index (χ4v) is 2.24. The van der Waals surface area contributed by atoms with E-state index in [1.54, 1.807) is 48.5 Å². The number of carbonyl (C=O) groups is 3. The third kappa shape index (κ3) is 7.70. The van der Waals surface area contributed by atoms with Crippen molar-refractivity contribution >= 4 is 24.0 Å². The number of tetrazole rings is 1. The molecule has 1 aromatic heterocycles. The normalized spacial score (nSPS) is 10.5. The van der Waals surface area contributed by atoms with E-state index in [2.05, 4.69) is 20.6 Å². The van der Waals surface area contributed by atoms with Gasteiger partial charge in [0.1, 0.15) is 5.75 Å². The van der Waals surface area contributed by atoms with E-state index in [9.17, 15) is 22.8 Å². The summed E-state index contributed by atoms with van der Waals surface area (Å²) in [5.74, 6) is -2.48. The number of aromatic amines is 1. The number of nitrogens with two attached hydrogens (primary N) is 1. The standard InChI is InChI=1S/C17H16N6O3.C2HF3O2/c18-9-12-1-3-13(4-2-12)17(25)26-15-7-5-14(6-8-15)23(11-24)10-16-19-21-22-20-16;3-2(4,5)1(6)7/h1-8,11H,9-10,18H2,(H,19,20,21,22);(H,6,7). The molecule has 1 amide bonds. The first-order valence-electron chi connectivity index (χ1n) is 8.99. The quantitative estimate of drug-likeness (QED) is 0.267. The van der Waals surface area contributed by atoms with Crippen molar-refractivity contribution in [1.29, 1.82) is 0 Å². The van der Waals surface area contributed by atoms with Crippen molar-refractivity contribution in [2.75, 3.05) is 4.90 Å². The highest BCUT2D eigenvalue weighted by molar-refractivity contribution is 5.91. The van der Waals surface area contributed by atoms with Crippen LogP contribution in [0.4, 0.5) is 18.9 Å². The van der Waals surface area contributed by atoms with E-state index in [1.165, 1.54) is 4.90 Å². The highest BCUT2D eigenvalue weighted by atomic mass is 19.4. The molecular formula is C19H17F3N6O5. The molecule has 0 aliphatic rings. The first kappa shape index (κ1) is 24.9. The number of aliphatic carboxylic acids is 1. The Bertz CT molecular complexity index is 1060. The number of benzene rings is 2. The second-order valence-electron chi connectivity index (χ2n) is 6.15. The lowest BCUT2D eigenvalue weighted by molar-refractivity contribution is -0.192. The van der Waals surface area contributed by atoms with E-state index in [0.717, 1.165) is 5.56 Å². The highest BCUT2D eigenvalue weighted by Crippen LogP contribution is 2.20. The number of carboxylic acid groups (broad SMARTS) is 1. The van der Waals surface area contributed by atoms with Gasteiger partial charge in [0.15, 0.2) is 5.82 Å². The van der Waals surface area contributed by atoms with Crippen molar-refractivity contribution in [1.82, 2.24) is 20.6 Å². The van der Waals surface area contributed by atoms with Crippen LogP contribution in [0.25, 0.3) is 0 Å². The molecule has 0 unspecified atom stereocenters. The van der Waals surface area contributed by atoms with Crippen LogP contribution in [0.3, 0.4) is 0 Å². The highest BCUT2D eigenvalue weighted by Gasteiger charge is 2.38. The minimum atomic E-state index is -5.08. The van der Waals surface area contributed by atoms with E-state index >= 15 is 0 Å². The van der Waals surface area contributed by atoms with Crippen molar-refractivity contribution < 1.29 is 37.4 Å². The van der Waals surface area contributed by atoms with Gasteiger partial charge in [-0.05, 0) is 42.0 Å². The predicted molar refractivity (Wildman–Crippen MR) is 106 cm³/mol. The fraction of sp³-hybridized carbons (Fsp3) is 0.158. The predicted octanol–water partition coefficient (Wildman–Crippen LogP) is 1.67. The Labute approximate surface area is 184 Å². The number of amides is 1. The van der Waals surface area contributed by atoms with Crippen LogP contribution in [0, 0.1) is 0 Å². The number of hydrogen-bond acceptors (Lipinski definition) is 8. The number of hydrogen-bond donors (Lipinski definition) is 3. The molecular weight excluding hydrogens is 449 g/mol. The molecule has 3 rings (SSSR count). The summed E-state index contributed by atoms with van der Waals surface area (Å²) in [7, 11) is 0. The molecule has 0 spiro atoms. The molecule has 14 heteroatoms. The maximum Gasteiger partial charge on any atom is 0.490 e. The average Bonchev–Trinajstić information content (AvgIpc) is 3.31. The molecule has 2 aromatic carbocycles. The molecule has 174 valence electrons. The van der Waals surface area contributed by atoms with E-state index in [0.29, 0.717) is 35.8 Å². The van der Waals surface area contributed by atoms with Crippen molar-refractivity contribution in [3.63, 3.8) is 0 Å². The molecule has 4 N–H and O–H groups in total. The molecule has 3 aromatic rings. The third-order valence-corrected chi connectivity index (χ3v) is 3.87. The van der Waals surface area contributed by atoms with Gasteiger partial charge >= 0.3 is 18.1 Å². The van der Waals surface area contributed by atoms with Gasteiger partial charge in [0, 0.05) is 12.2 Å². The molecule has 33 heavy (non-hydrogen) atoms. The van der Waals surface area contributed by atoms with Gasteiger partial charge in [0.05, 0.1) is 12.1 Å². The van der Waals surface area contributed by atoms with E-state index in [-0.39, 0.29) is 6.54 Å². The average molecular weight is 466 g/mol. The summed E-state index contributed by atoms with van der Waals surface area (Å²) >= 11 is 0. The number of aromatic nitrogens is 4. The van der Waals surface area contributed by atoms with Crippen molar-refractivity contribution in [3.05, 3.63) is 65.5 Å². The number of carbonyl (C=O) groups excluding carboxylic acids is 2. The Morgan fingerprint density at radius 1 is 1.12 bits per heavy atom. The van der Waals surface area contributed by atoms with Crippen molar-refractivity contribution in [2.24, 2.45) is 5.73 Å². The Hall–Kier alpha value is -4.33. The number of ether oxygens (including phenoxy) is 1. The minimum Gasteiger partial charge on any atom is -0.475 e. The summed E-state index contributed by atoms with van der Waals surface area (Å²) in [6.07, 6.45) is -4.42. The monoisotopic (exact) mass is 466 g/mol. The zero-order valence-electron chi connectivity index (χ0n) is 16.7. The molecule has 0 bridgehead atoms. The number of alkyl halides is 3. The SMILES string of the molecule is NCc1ccc(C(=O)Oc2ccc(N(C=O)Cc3nn[nH]n3)cc2)cc1.O=C(O)C(F)(F)F. The largest absolute Gasteiger partial charge is 0.490 e. The summed E-state index contributed by atoms with van der Waals surface area (Å²) < 4.78 is 37.1. The molecule has 11 nitrogen and oxygen atoms in total. The maximum atomic E-state index is 12.2. The van der Waals surface area contributed by atoms with Gasteiger partial charge in [-0.25, -0.2) is 9.59 Å². The molecule has 0 aliphatic carbocycles. The Morgan fingerprint density at radius 3 is 2.18 bits per heavy atom. The first-order valence-corrected chi connectivity index (χ1v) is 8.99. The number of H-pyrrole nitrogens is 1. The molecule has 0 atom stereocenters. The van der Waals surface area contributed by atoms with E-state index in [1.807, 2.05) is 0 Å². The van der Waals surface area contributed by atoms with Crippen LogP contribution >= 0.6 is 0 Å². The molecule has 0 saturated heterocycles. The second kappa shape index (κ2) is 11.3. The van der Waals surface area contributed by atoms with Crippen LogP contribution in [0.15, 0.2) is 48.5 Å². The molecule has 0 radical (unpaired) electrons.